The van der Waals surface area contributed by atoms with Crippen molar-refractivity contribution >= 4 is 17.7 Å². The fraction of sp³-hybridized carbons (Fsp3) is 0.889. The predicted octanol–water partition coefficient (Wildman–Crippen LogP) is 1.94. The Bertz CT molecular complexity index is 618. The quantitative estimate of drug-likeness (QED) is 0.763. The summed E-state index contributed by atoms with van der Waals surface area (Å²) in [7, 11) is 0. The van der Waals surface area contributed by atoms with Gasteiger partial charge in [0.05, 0.1) is 11.7 Å². The Kier molecular flexibility index (Phi) is 3.13. The molecule has 4 bridgehead atoms. The maximum absolute atomic E-state index is 13.3. The van der Waals surface area contributed by atoms with Crippen LogP contribution >= 0.6 is 11.8 Å². The van der Waals surface area contributed by atoms with Crippen LogP contribution in [0.3, 0.4) is 0 Å². The number of rotatable bonds is 3. The van der Waals surface area contributed by atoms with Gasteiger partial charge in [-0.15, -0.1) is 0 Å². The molecule has 6 heteroatoms. The normalized spacial score (nSPS) is 52.0. The number of nitriles is 1. The summed E-state index contributed by atoms with van der Waals surface area (Å²) in [5, 5.41) is 20.4. The minimum atomic E-state index is -0.613. The molecule has 1 heterocycles. The van der Waals surface area contributed by atoms with Crippen LogP contribution in [0.4, 0.5) is 0 Å². The van der Waals surface area contributed by atoms with Gasteiger partial charge in [0, 0.05) is 6.04 Å². The second kappa shape index (κ2) is 4.87. The van der Waals surface area contributed by atoms with Gasteiger partial charge in [0.2, 0.25) is 5.91 Å². The molecule has 1 aliphatic heterocycles. The molecule has 24 heavy (non-hydrogen) atoms. The van der Waals surface area contributed by atoms with Gasteiger partial charge in [-0.1, -0.05) is 0 Å². The Morgan fingerprint density at radius 3 is 2.54 bits per heavy atom. The van der Waals surface area contributed by atoms with E-state index in [1.807, 2.05) is 4.90 Å². The summed E-state index contributed by atoms with van der Waals surface area (Å²) in [6.45, 7) is 0. The molecule has 0 spiro atoms. The SMILES string of the molecule is N#C[C@@H]1C[C@@H]2C[C@@H]2N1C(=O)C(NCl)C12CC3CC(CC(O)(C3)C1)C2. The third-order valence-electron chi connectivity index (χ3n) is 7.55. The van der Waals surface area contributed by atoms with Crippen LogP contribution in [0.1, 0.15) is 51.4 Å². The average Bonchev–Trinajstić information content (AvgIpc) is 3.15. The van der Waals surface area contributed by atoms with Crippen LogP contribution in [0, 0.1) is 34.5 Å². The van der Waals surface area contributed by atoms with E-state index in [1.165, 1.54) is 6.42 Å². The van der Waals surface area contributed by atoms with Crippen molar-refractivity contribution < 1.29 is 9.90 Å². The van der Waals surface area contributed by atoms with E-state index < -0.39 is 11.6 Å². The van der Waals surface area contributed by atoms with Gasteiger partial charge < -0.3 is 10.0 Å². The van der Waals surface area contributed by atoms with Crippen molar-refractivity contribution in [3.8, 4) is 6.07 Å². The number of likely N-dealkylation sites (tertiary alicyclic amines) is 1. The average molecular weight is 350 g/mol. The number of nitrogens with zero attached hydrogens (tertiary/aromatic N) is 2. The topological polar surface area (TPSA) is 76.4 Å². The van der Waals surface area contributed by atoms with Gasteiger partial charge in [0.25, 0.3) is 0 Å². The summed E-state index contributed by atoms with van der Waals surface area (Å²) in [4.78, 5) is 18.0. The van der Waals surface area contributed by atoms with Gasteiger partial charge in [0.15, 0.2) is 0 Å². The molecule has 0 radical (unpaired) electrons. The standard InChI is InChI=1S/C18H24ClN3O2/c19-21-15(16(23)22-13(8-20)2-12-3-14(12)22)17-4-10-1-11(5-17)7-18(24,6-10)9-17/h10-15,21,24H,1-7,9H2/t10?,11?,12-,13+,14+,15?,17?,18?/m1/s1. The Hall–Kier alpha value is -0.830. The van der Waals surface area contributed by atoms with Crippen LogP contribution in [-0.2, 0) is 4.79 Å². The molecule has 3 unspecified atom stereocenters. The first-order valence-electron chi connectivity index (χ1n) is 9.27. The number of carbonyl (C=O) groups excluding carboxylic acids is 1. The molecule has 130 valence electrons. The number of fused-ring (bicyclic) bond motifs is 1. The minimum absolute atomic E-state index is 0.00731. The van der Waals surface area contributed by atoms with Crippen molar-refractivity contribution in [3.05, 3.63) is 0 Å². The molecule has 1 amide bonds. The van der Waals surface area contributed by atoms with E-state index in [2.05, 4.69) is 10.9 Å². The fourth-order valence-corrected chi connectivity index (χ4v) is 7.41. The zero-order chi connectivity index (χ0) is 16.7. The van der Waals surface area contributed by atoms with E-state index in [9.17, 15) is 15.2 Å². The number of hydrogen-bond donors (Lipinski definition) is 2. The van der Waals surface area contributed by atoms with Crippen LogP contribution < -0.4 is 4.84 Å². The van der Waals surface area contributed by atoms with Crippen molar-refractivity contribution in [2.75, 3.05) is 0 Å². The molecule has 0 aromatic carbocycles. The summed E-state index contributed by atoms with van der Waals surface area (Å²) >= 11 is 6.11. The first kappa shape index (κ1) is 15.4. The molecular weight excluding hydrogens is 326 g/mol. The van der Waals surface area contributed by atoms with Crippen molar-refractivity contribution in [1.29, 1.82) is 5.26 Å². The van der Waals surface area contributed by atoms with Crippen LogP contribution in [0.25, 0.3) is 0 Å². The molecule has 5 nitrogen and oxygen atoms in total. The fourth-order valence-electron chi connectivity index (χ4n) is 7.08. The smallest absolute Gasteiger partial charge is 0.242 e. The number of carbonyl (C=O) groups is 1. The molecule has 6 rings (SSSR count). The Morgan fingerprint density at radius 1 is 1.25 bits per heavy atom. The van der Waals surface area contributed by atoms with E-state index in [4.69, 9.17) is 11.8 Å². The molecule has 6 aliphatic rings. The number of hydrogen-bond acceptors (Lipinski definition) is 4. The number of amides is 1. The van der Waals surface area contributed by atoms with Gasteiger partial charge in [-0.25, -0.2) is 4.84 Å². The van der Waals surface area contributed by atoms with Gasteiger partial charge in [-0.2, -0.15) is 5.26 Å². The van der Waals surface area contributed by atoms with E-state index >= 15 is 0 Å². The molecule has 5 aliphatic carbocycles. The second-order valence-corrected chi connectivity index (χ2v) is 9.50. The minimum Gasteiger partial charge on any atom is -0.390 e. The lowest BCUT2D eigenvalue weighted by Gasteiger charge is -2.62. The number of aliphatic hydroxyl groups is 1. The van der Waals surface area contributed by atoms with Crippen molar-refractivity contribution in [2.45, 2.75) is 75.1 Å². The predicted molar refractivity (Wildman–Crippen MR) is 87.6 cm³/mol. The highest BCUT2D eigenvalue weighted by atomic mass is 35.5. The third-order valence-corrected chi connectivity index (χ3v) is 7.77. The maximum atomic E-state index is 13.3. The van der Waals surface area contributed by atoms with Crippen molar-refractivity contribution in [1.82, 2.24) is 9.74 Å². The molecule has 6 fully saturated rings. The highest BCUT2D eigenvalue weighted by Gasteiger charge is 2.63. The monoisotopic (exact) mass is 349 g/mol. The zero-order valence-electron chi connectivity index (χ0n) is 13.7. The summed E-state index contributed by atoms with van der Waals surface area (Å²) in [5.41, 5.74) is -0.858. The van der Waals surface area contributed by atoms with Crippen LogP contribution in [0.15, 0.2) is 0 Å². The molecule has 0 aromatic rings. The van der Waals surface area contributed by atoms with Crippen LogP contribution in [0.5, 0.6) is 0 Å². The van der Waals surface area contributed by atoms with Crippen molar-refractivity contribution in [2.24, 2.45) is 23.2 Å². The summed E-state index contributed by atoms with van der Waals surface area (Å²) < 4.78 is 0. The van der Waals surface area contributed by atoms with E-state index in [0.717, 1.165) is 38.5 Å². The molecular formula is C18H24ClN3O2. The Balaban J connectivity index is 1.46. The van der Waals surface area contributed by atoms with E-state index in [-0.39, 0.29) is 23.4 Å². The highest BCUT2D eigenvalue weighted by molar-refractivity contribution is 6.15. The second-order valence-electron chi connectivity index (χ2n) is 9.28. The number of halogens is 1. The maximum Gasteiger partial charge on any atom is 0.242 e. The Labute approximate surface area is 147 Å². The molecule has 2 N–H and O–H groups in total. The highest BCUT2D eigenvalue weighted by Crippen LogP contribution is 2.63. The lowest BCUT2D eigenvalue weighted by atomic mass is 9.46. The van der Waals surface area contributed by atoms with E-state index in [0.29, 0.717) is 24.2 Å². The first-order valence-corrected chi connectivity index (χ1v) is 9.65. The largest absolute Gasteiger partial charge is 0.390 e. The van der Waals surface area contributed by atoms with Gasteiger partial charge in [-0.05, 0) is 86.3 Å². The molecule has 1 saturated heterocycles. The van der Waals surface area contributed by atoms with Crippen LogP contribution in [0.2, 0.25) is 0 Å². The number of piperidine rings is 1. The third kappa shape index (κ3) is 2.03. The molecule has 0 aromatic heterocycles. The van der Waals surface area contributed by atoms with Gasteiger partial charge >= 0.3 is 0 Å². The first-order chi connectivity index (χ1) is 11.5. The van der Waals surface area contributed by atoms with Gasteiger partial charge in [-0.3, -0.25) is 4.79 Å². The lowest BCUT2D eigenvalue weighted by molar-refractivity contribution is -0.178. The number of nitrogens with one attached hydrogen (secondary N) is 1. The van der Waals surface area contributed by atoms with Crippen LogP contribution in [-0.4, -0.2) is 39.6 Å². The summed E-state index contributed by atoms with van der Waals surface area (Å²) in [6, 6.07) is 1.76. The lowest BCUT2D eigenvalue weighted by Crippen LogP contribution is -2.64. The van der Waals surface area contributed by atoms with E-state index in [1.54, 1.807) is 0 Å². The van der Waals surface area contributed by atoms with Crippen molar-refractivity contribution in [3.63, 3.8) is 0 Å². The zero-order valence-corrected chi connectivity index (χ0v) is 14.5. The molecule has 5 saturated carbocycles. The van der Waals surface area contributed by atoms with Gasteiger partial charge in [0.1, 0.15) is 12.1 Å². The summed E-state index contributed by atoms with van der Waals surface area (Å²) in [5.74, 6) is 1.52. The summed E-state index contributed by atoms with van der Waals surface area (Å²) in [6.07, 6.45) is 7.39. The Morgan fingerprint density at radius 2 is 1.96 bits per heavy atom. The molecule has 6 atom stereocenters.